The molecule has 0 aliphatic carbocycles. The van der Waals surface area contributed by atoms with E-state index in [2.05, 4.69) is 36.5 Å². The summed E-state index contributed by atoms with van der Waals surface area (Å²) in [5.41, 5.74) is 1.81. The van der Waals surface area contributed by atoms with Gasteiger partial charge in [-0.1, -0.05) is 32.9 Å². The van der Waals surface area contributed by atoms with E-state index in [9.17, 15) is 14.0 Å². The molecule has 1 atom stereocenters. The van der Waals surface area contributed by atoms with Crippen LogP contribution in [-0.4, -0.2) is 34.8 Å². The zero-order valence-electron chi connectivity index (χ0n) is 16.5. The van der Waals surface area contributed by atoms with Gasteiger partial charge in [0.25, 0.3) is 0 Å². The Morgan fingerprint density at radius 1 is 1.39 bits per heavy atom. The third-order valence-electron chi connectivity index (χ3n) is 4.81. The Kier molecular flexibility index (Phi) is 6.13. The Morgan fingerprint density at radius 2 is 2.18 bits per heavy atom. The Hall–Kier alpha value is -2.28. The van der Waals surface area contributed by atoms with E-state index in [1.165, 1.54) is 12.1 Å². The number of nitrogens with one attached hydrogen (secondary N) is 1. The lowest BCUT2D eigenvalue weighted by Crippen LogP contribution is -2.34. The molecule has 0 bridgehead atoms. The summed E-state index contributed by atoms with van der Waals surface area (Å²) in [5, 5.41) is 5.99. The Balaban J connectivity index is 1.47. The van der Waals surface area contributed by atoms with Gasteiger partial charge in [0.1, 0.15) is 5.82 Å². The van der Waals surface area contributed by atoms with Crippen molar-refractivity contribution in [1.29, 1.82) is 0 Å². The summed E-state index contributed by atoms with van der Waals surface area (Å²) in [6.07, 6.45) is 0.882. The molecule has 3 rings (SSSR count). The monoisotopic (exact) mass is 403 g/mol. The number of rotatable bonds is 6. The third kappa shape index (κ3) is 5.16. The summed E-state index contributed by atoms with van der Waals surface area (Å²) in [5.74, 6) is -0.861. The minimum Gasteiger partial charge on any atom is -0.355 e. The summed E-state index contributed by atoms with van der Waals surface area (Å²) in [6, 6.07) is 6.20. The zero-order chi connectivity index (χ0) is 20.3. The molecular weight excluding hydrogens is 377 g/mol. The van der Waals surface area contributed by atoms with E-state index in [0.29, 0.717) is 26.1 Å². The summed E-state index contributed by atoms with van der Waals surface area (Å²) in [6.45, 7) is 7.58. The molecule has 1 fully saturated rings. The van der Waals surface area contributed by atoms with Crippen LogP contribution in [0, 0.1) is 11.7 Å². The summed E-state index contributed by atoms with van der Waals surface area (Å²) in [7, 11) is 0. The van der Waals surface area contributed by atoms with Crippen molar-refractivity contribution < 1.29 is 14.0 Å². The molecule has 2 aromatic rings. The fourth-order valence-corrected chi connectivity index (χ4v) is 4.19. The predicted molar refractivity (Wildman–Crippen MR) is 107 cm³/mol. The van der Waals surface area contributed by atoms with Crippen molar-refractivity contribution in [3.8, 4) is 0 Å². The third-order valence-corrected chi connectivity index (χ3v) is 5.71. The van der Waals surface area contributed by atoms with Crippen molar-refractivity contribution in [2.45, 2.75) is 45.6 Å². The number of aromatic nitrogens is 1. The standard InChI is InChI=1S/C21H26FN3O2S/c1-21(2,3)17-13-28-18(24-17)7-8-23-20(27)15-10-19(26)25(12-15)11-14-5-4-6-16(22)9-14/h4-6,9,13,15H,7-8,10-12H2,1-3H3,(H,23,27). The summed E-state index contributed by atoms with van der Waals surface area (Å²) >= 11 is 1.61. The van der Waals surface area contributed by atoms with Gasteiger partial charge in [-0.15, -0.1) is 11.3 Å². The van der Waals surface area contributed by atoms with Crippen LogP contribution in [0.25, 0.3) is 0 Å². The number of likely N-dealkylation sites (tertiary alicyclic amines) is 1. The molecule has 28 heavy (non-hydrogen) atoms. The van der Waals surface area contributed by atoms with E-state index < -0.39 is 0 Å². The van der Waals surface area contributed by atoms with E-state index in [-0.39, 0.29) is 35.4 Å². The van der Waals surface area contributed by atoms with E-state index in [1.54, 1.807) is 28.4 Å². The minimum absolute atomic E-state index is 0.0212. The van der Waals surface area contributed by atoms with Gasteiger partial charge in [0.05, 0.1) is 16.6 Å². The van der Waals surface area contributed by atoms with E-state index >= 15 is 0 Å². The molecule has 2 amide bonds. The molecule has 1 unspecified atom stereocenters. The number of nitrogens with zero attached hydrogens (tertiary/aromatic N) is 2. The van der Waals surface area contributed by atoms with Crippen molar-refractivity contribution in [3.63, 3.8) is 0 Å². The highest BCUT2D eigenvalue weighted by molar-refractivity contribution is 7.09. The molecule has 1 aliphatic rings. The number of halogens is 1. The van der Waals surface area contributed by atoms with Crippen LogP contribution in [0.4, 0.5) is 4.39 Å². The summed E-state index contributed by atoms with van der Waals surface area (Å²) < 4.78 is 13.3. The second kappa shape index (κ2) is 8.39. The van der Waals surface area contributed by atoms with Crippen molar-refractivity contribution in [3.05, 3.63) is 51.7 Å². The lowest BCUT2D eigenvalue weighted by atomic mass is 9.93. The number of amides is 2. The molecule has 1 aromatic heterocycles. The smallest absolute Gasteiger partial charge is 0.225 e. The van der Waals surface area contributed by atoms with Crippen molar-refractivity contribution in [2.75, 3.05) is 13.1 Å². The van der Waals surface area contributed by atoms with Crippen LogP contribution in [0.1, 0.15) is 43.5 Å². The van der Waals surface area contributed by atoms with Gasteiger partial charge in [-0.3, -0.25) is 9.59 Å². The predicted octanol–water partition coefficient (Wildman–Crippen LogP) is 3.29. The fourth-order valence-electron chi connectivity index (χ4n) is 3.16. The van der Waals surface area contributed by atoms with Gasteiger partial charge in [0.2, 0.25) is 11.8 Å². The maximum atomic E-state index is 13.3. The van der Waals surface area contributed by atoms with Crippen LogP contribution in [-0.2, 0) is 28.0 Å². The first kappa shape index (κ1) is 20.5. The van der Waals surface area contributed by atoms with Crippen LogP contribution >= 0.6 is 11.3 Å². The highest BCUT2D eigenvalue weighted by atomic mass is 32.1. The molecule has 0 radical (unpaired) electrons. The molecule has 0 saturated carbocycles. The normalized spacial score (nSPS) is 17.2. The second-order valence-electron chi connectivity index (χ2n) is 8.22. The van der Waals surface area contributed by atoms with Gasteiger partial charge < -0.3 is 10.2 Å². The Bertz CT molecular complexity index is 859. The van der Waals surface area contributed by atoms with E-state index in [0.717, 1.165) is 16.3 Å². The largest absolute Gasteiger partial charge is 0.355 e. The first-order valence-electron chi connectivity index (χ1n) is 9.47. The van der Waals surface area contributed by atoms with Gasteiger partial charge in [0, 0.05) is 43.3 Å². The lowest BCUT2D eigenvalue weighted by Gasteiger charge is -2.16. The van der Waals surface area contributed by atoms with Crippen molar-refractivity contribution in [2.24, 2.45) is 5.92 Å². The average molecular weight is 404 g/mol. The zero-order valence-corrected chi connectivity index (χ0v) is 17.3. The van der Waals surface area contributed by atoms with Gasteiger partial charge in [-0.05, 0) is 17.7 Å². The number of thiazole rings is 1. The number of carbonyl (C=O) groups is 2. The molecule has 1 aromatic carbocycles. The highest BCUT2D eigenvalue weighted by Crippen LogP contribution is 2.24. The molecule has 150 valence electrons. The van der Waals surface area contributed by atoms with Crippen LogP contribution in [0.15, 0.2) is 29.6 Å². The lowest BCUT2D eigenvalue weighted by molar-refractivity contribution is -0.129. The van der Waals surface area contributed by atoms with Crippen molar-refractivity contribution >= 4 is 23.2 Å². The molecule has 5 nitrogen and oxygen atoms in total. The van der Waals surface area contributed by atoms with Gasteiger partial charge in [0.15, 0.2) is 0 Å². The Morgan fingerprint density at radius 3 is 2.86 bits per heavy atom. The highest BCUT2D eigenvalue weighted by Gasteiger charge is 2.34. The van der Waals surface area contributed by atoms with Gasteiger partial charge in [-0.25, -0.2) is 9.37 Å². The van der Waals surface area contributed by atoms with Crippen LogP contribution < -0.4 is 5.32 Å². The fraction of sp³-hybridized carbons (Fsp3) is 0.476. The van der Waals surface area contributed by atoms with Crippen LogP contribution in [0.3, 0.4) is 0 Å². The quantitative estimate of drug-likeness (QED) is 0.805. The molecule has 1 aliphatic heterocycles. The maximum Gasteiger partial charge on any atom is 0.225 e. The topological polar surface area (TPSA) is 62.3 Å². The molecular formula is C21H26FN3O2S. The number of benzene rings is 1. The van der Waals surface area contributed by atoms with E-state index in [4.69, 9.17) is 0 Å². The summed E-state index contributed by atoms with van der Waals surface area (Å²) in [4.78, 5) is 30.9. The first-order chi connectivity index (χ1) is 13.2. The Labute approximate surface area is 169 Å². The molecule has 0 spiro atoms. The van der Waals surface area contributed by atoms with Gasteiger partial charge in [-0.2, -0.15) is 0 Å². The van der Waals surface area contributed by atoms with Crippen LogP contribution in [0.2, 0.25) is 0 Å². The SMILES string of the molecule is CC(C)(C)c1csc(CCNC(=O)C2CC(=O)N(Cc3cccc(F)c3)C2)n1. The minimum atomic E-state index is -0.359. The molecule has 1 N–H and O–H groups in total. The average Bonchev–Trinajstić information content (AvgIpc) is 3.22. The molecule has 2 heterocycles. The van der Waals surface area contributed by atoms with E-state index in [1.807, 2.05) is 0 Å². The van der Waals surface area contributed by atoms with Crippen LogP contribution in [0.5, 0.6) is 0 Å². The molecule has 7 heteroatoms. The second-order valence-corrected chi connectivity index (χ2v) is 9.17. The number of hydrogen-bond donors (Lipinski definition) is 1. The number of hydrogen-bond acceptors (Lipinski definition) is 4. The molecule has 1 saturated heterocycles. The first-order valence-corrected chi connectivity index (χ1v) is 10.3. The number of carbonyl (C=O) groups excluding carboxylic acids is 2. The maximum absolute atomic E-state index is 13.3. The van der Waals surface area contributed by atoms with Crippen molar-refractivity contribution in [1.82, 2.24) is 15.2 Å². The van der Waals surface area contributed by atoms with Gasteiger partial charge >= 0.3 is 0 Å².